The standard InChI is InChI=1S/C21H40O4/c1-6-7-16-24-19(22)14-12-10-8-9-11-13-15-20(23)25-21(17(2)3)18(4)5/h17-18,21H,6-16H2,1-5H3. The maximum absolute atomic E-state index is 11.9. The van der Waals surface area contributed by atoms with E-state index in [1.54, 1.807) is 0 Å². The molecule has 0 radical (unpaired) electrons. The maximum Gasteiger partial charge on any atom is 0.306 e. The molecule has 0 fully saturated rings. The van der Waals surface area contributed by atoms with Gasteiger partial charge in [0.1, 0.15) is 6.10 Å². The van der Waals surface area contributed by atoms with Gasteiger partial charge >= 0.3 is 11.9 Å². The van der Waals surface area contributed by atoms with Crippen molar-refractivity contribution in [3.05, 3.63) is 0 Å². The van der Waals surface area contributed by atoms with Crippen molar-refractivity contribution in [2.45, 2.75) is 105 Å². The minimum Gasteiger partial charge on any atom is -0.466 e. The molecule has 0 saturated heterocycles. The second kappa shape index (κ2) is 15.2. The molecule has 0 unspecified atom stereocenters. The molecule has 0 bridgehead atoms. The fourth-order valence-corrected chi connectivity index (χ4v) is 2.90. The van der Waals surface area contributed by atoms with Gasteiger partial charge in [-0.05, 0) is 31.1 Å². The topological polar surface area (TPSA) is 52.6 Å². The van der Waals surface area contributed by atoms with Gasteiger partial charge in [0.2, 0.25) is 0 Å². The molecule has 0 saturated carbocycles. The largest absolute Gasteiger partial charge is 0.466 e. The Kier molecular flexibility index (Phi) is 14.6. The summed E-state index contributed by atoms with van der Waals surface area (Å²) in [6.45, 7) is 11.0. The Morgan fingerprint density at radius 2 is 1.20 bits per heavy atom. The van der Waals surface area contributed by atoms with E-state index in [1.165, 1.54) is 0 Å². The molecule has 0 aromatic carbocycles. The summed E-state index contributed by atoms with van der Waals surface area (Å²) < 4.78 is 10.7. The monoisotopic (exact) mass is 356 g/mol. The van der Waals surface area contributed by atoms with Gasteiger partial charge in [-0.2, -0.15) is 0 Å². The average Bonchev–Trinajstić information content (AvgIpc) is 2.54. The fraction of sp³-hybridized carbons (Fsp3) is 0.905. The van der Waals surface area contributed by atoms with E-state index in [0.29, 0.717) is 31.3 Å². The molecule has 0 amide bonds. The molecule has 0 aromatic rings. The van der Waals surface area contributed by atoms with E-state index >= 15 is 0 Å². The molecular weight excluding hydrogens is 316 g/mol. The highest BCUT2D eigenvalue weighted by Crippen LogP contribution is 2.18. The maximum atomic E-state index is 11.9. The van der Waals surface area contributed by atoms with E-state index < -0.39 is 0 Å². The SMILES string of the molecule is CCCCOC(=O)CCCCCCCCC(=O)OC(C(C)C)C(C)C. The normalized spacial score (nSPS) is 11.4. The lowest BCUT2D eigenvalue weighted by Gasteiger charge is -2.24. The summed E-state index contributed by atoms with van der Waals surface area (Å²) in [5.74, 6) is 0.582. The molecule has 0 aliphatic rings. The number of rotatable bonds is 15. The molecule has 4 nitrogen and oxygen atoms in total. The van der Waals surface area contributed by atoms with Crippen LogP contribution >= 0.6 is 0 Å². The first-order valence-corrected chi connectivity index (χ1v) is 10.2. The Balaban J connectivity index is 3.54. The minimum absolute atomic E-state index is 0.0181. The Morgan fingerprint density at radius 3 is 1.68 bits per heavy atom. The van der Waals surface area contributed by atoms with Gasteiger partial charge in [0, 0.05) is 12.8 Å². The number of ether oxygens (including phenoxy) is 2. The van der Waals surface area contributed by atoms with E-state index in [4.69, 9.17) is 9.47 Å². The van der Waals surface area contributed by atoms with Crippen molar-refractivity contribution in [1.82, 2.24) is 0 Å². The van der Waals surface area contributed by atoms with E-state index in [-0.39, 0.29) is 18.0 Å². The predicted octanol–water partition coefficient (Wildman–Crippen LogP) is 5.67. The molecule has 0 aliphatic heterocycles. The van der Waals surface area contributed by atoms with Crippen LogP contribution in [0.2, 0.25) is 0 Å². The zero-order valence-electron chi connectivity index (χ0n) is 17.1. The summed E-state index contributed by atoms with van der Waals surface area (Å²) in [7, 11) is 0. The summed E-state index contributed by atoms with van der Waals surface area (Å²) in [6, 6.07) is 0. The van der Waals surface area contributed by atoms with Crippen molar-refractivity contribution >= 4 is 11.9 Å². The molecule has 0 spiro atoms. The number of carbonyl (C=O) groups excluding carboxylic acids is 2. The molecular formula is C21H40O4. The Labute approximate surface area is 155 Å². The van der Waals surface area contributed by atoms with Crippen LogP contribution < -0.4 is 0 Å². The number of hydrogen-bond donors (Lipinski definition) is 0. The lowest BCUT2D eigenvalue weighted by atomic mass is 9.96. The molecule has 0 aliphatic carbocycles. The summed E-state index contributed by atoms with van der Waals surface area (Å²) in [5.41, 5.74) is 0. The summed E-state index contributed by atoms with van der Waals surface area (Å²) in [5, 5.41) is 0. The van der Waals surface area contributed by atoms with Gasteiger partial charge in [-0.1, -0.05) is 66.7 Å². The first kappa shape index (κ1) is 23.9. The van der Waals surface area contributed by atoms with Crippen LogP contribution in [-0.4, -0.2) is 24.6 Å². The van der Waals surface area contributed by atoms with Crippen LogP contribution in [0.1, 0.15) is 98.8 Å². The third-order valence-corrected chi connectivity index (χ3v) is 4.35. The zero-order chi connectivity index (χ0) is 19.1. The number of hydrogen-bond acceptors (Lipinski definition) is 4. The second-order valence-electron chi connectivity index (χ2n) is 7.64. The molecule has 0 N–H and O–H groups in total. The quantitative estimate of drug-likeness (QED) is 0.280. The summed E-state index contributed by atoms with van der Waals surface area (Å²) >= 11 is 0. The lowest BCUT2D eigenvalue weighted by Crippen LogP contribution is -2.28. The van der Waals surface area contributed by atoms with Gasteiger partial charge in [-0.3, -0.25) is 9.59 Å². The number of esters is 2. The van der Waals surface area contributed by atoms with Gasteiger partial charge in [-0.25, -0.2) is 0 Å². The van der Waals surface area contributed by atoms with E-state index in [2.05, 4.69) is 34.6 Å². The second-order valence-corrected chi connectivity index (χ2v) is 7.64. The molecule has 25 heavy (non-hydrogen) atoms. The van der Waals surface area contributed by atoms with Crippen LogP contribution in [0.15, 0.2) is 0 Å². The van der Waals surface area contributed by atoms with Crippen molar-refractivity contribution in [3.63, 3.8) is 0 Å². The van der Waals surface area contributed by atoms with Crippen LogP contribution in [0, 0.1) is 11.8 Å². The third kappa shape index (κ3) is 13.9. The van der Waals surface area contributed by atoms with Crippen molar-refractivity contribution in [3.8, 4) is 0 Å². The van der Waals surface area contributed by atoms with E-state index in [0.717, 1.165) is 51.4 Å². The fourth-order valence-electron chi connectivity index (χ4n) is 2.90. The Morgan fingerprint density at radius 1 is 0.720 bits per heavy atom. The van der Waals surface area contributed by atoms with E-state index in [9.17, 15) is 9.59 Å². The van der Waals surface area contributed by atoms with Crippen molar-refractivity contribution in [1.29, 1.82) is 0 Å². The predicted molar refractivity (Wildman–Crippen MR) is 102 cm³/mol. The highest BCUT2D eigenvalue weighted by atomic mass is 16.5. The smallest absolute Gasteiger partial charge is 0.306 e. The molecule has 0 atom stereocenters. The highest BCUT2D eigenvalue weighted by molar-refractivity contribution is 5.69. The van der Waals surface area contributed by atoms with Gasteiger partial charge in [0.15, 0.2) is 0 Å². The van der Waals surface area contributed by atoms with Gasteiger partial charge < -0.3 is 9.47 Å². The summed E-state index contributed by atoms with van der Waals surface area (Å²) in [6.07, 6.45) is 9.16. The molecule has 148 valence electrons. The summed E-state index contributed by atoms with van der Waals surface area (Å²) in [4.78, 5) is 23.3. The number of carbonyl (C=O) groups is 2. The minimum atomic E-state index is -0.0685. The molecule has 0 aromatic heterocycles. The van der Waals surface area contributed by atoms with Crippen LogP contribution in [0.3, 0.4) is 0 Å². The van der Waals surface area contributed by atoms with Crippen LogP contribution in [-0.2, 0) is 19.1 Å². The Hall–Kier alpha value is -1.06. The van der Waals surface area contributed by atoms with Crippen molar-refractivity contribution < 1.29 is 19.1 Å². The van der Waals surface area contributed by atoms with Crippen LogP contribution in [0.5, 0.6) is 0 Å². The van der Waals surface area contributed by atoms with Crippen molar-refractivity contribution in [2.24, 2.45) is 11.8 Å². The van der Waals surface area contributed by atoms with Gasteiger partial charge in [0.25, 0.3) is 0 Å². The van der Waals surface area contributed by atoms with Gasteiger partial charge in [0.05, 0.1) is 6.61 Å². The highest BCUT2D eigenvalue weighted by Gasteiger charge is 2.21. The first-order valence-electron chi connectivity index (χ1n) is 10.2. The molecule has 4 heteroatoms. The first-order chi connectivity index (χ1) is 11.9. The molecule has 0 heterocycles. The Bertz CT molecular complexity index is 342. The van der Waals surface area contributed by atoms with Gasteiger partial charge in [-0.15, -0.1) is 0 Å². The van der Waals surface area contributed by atoms with Crippen molar-refractivity contribution in [2.75, 3.05) is 6.61 Å². The zero-order valence-corrected chi connectivity index (χ0v) is 17.1. The van der Waals surface area contributed by atoms with Crippen LogP contribution in [0.4, 0.5) is 0 Å². The van der Waals surface area contributed by atoms with E-state index in [1.807, 2.05) is 0 Å². The average molecular weight is 357 g/mol. The van der Waals surface area contributed by atoms with Crippen LogP contribution in [0.25, 0.3) is 0 Å². The molecule has 0 rings (SSSR count). The third-order valence-electron chi connectivity index (χ3n) is 4.35. The number of unbranched alkanes of at least 4 members (excludes halogenated alkanes) is 6. The lowest BCUT2D eigenvalue weighted by molar-refractivity contribution is -0.154.